The van der Waals surface area contributed by atoms with Crippen LogP contribution in [0.4, 0.5) is 16.2 Å². The number of hydrogen-bond acceptors (Lipinski definition) is 2. The molecule has 3 rings (SSSR count). The predicted octanol–water partition coefficient (Wildman–Crippen LogP) is 5.62. The van der Waals surface area contributed by atoms with E-state index < -0.39 is 0 Å². The van der Waals surface area contributed by atoms with Crippen molar-refractivity contribution >= 4 is 40.6 Å². The SMILES string of the molecule is O=C(Nc1ccc(Cc2ccncc2)cc1)Nc1ccc(Cl)c(Cl)c1. The Kier molecular flexibility index (Phi) is 5.53. The van der Waals surface area contributed by atoms with Crippen LogP contribution in [-0.4, -0.2) is 11.0 Å². The summed E-state index contributed by atoms with van der Waals surface area (Å²) in [7, 11) is 0. The summed E-state index contributed by atoms with van der Waals surface area (Å²) >= 11 is 11.8. The molecule has 1 heterocycles. The molecule has 1 aromatic heterocycles. The van der Waals surface area contributed by atoms with E-state index in [1.54, 1.807) is 30.6 Å². The van der Waals surface area contributed by atoms with Gasteiger partial charge in [0.05, 0.1) is 10.0 Å². The Balaban J connectivity index is 1.59. The predicted molar refractivity (Wildman–Crippen MR) is 103 cm³/mol. The van der Waals surface area contributed by atoms with Gasteiger partial charge in [-0.15, -0.1) is 0 Å². The van der Waals surface area contributed by atoms with Gasteiger partial charge in [-0.25, -0.2) is 4.79 Å². The number of nitrogens with one attached hydrogen (secondary N) is 2. The average Bonchev–Trinajstić information content (AvgIpc) is 2.61. The first-order valence-electron chi connectivity index (χ1n) is 7.61. The highest BCUT2D eigenvalue weighted by molar-refractivity contribution is 6.42. The van der Waals surface area contributed by atoms with E-state index in [1.165, 1.54) is 5.56 Å². The minimum absolute atomic E-state index is 0.347. The Morgan fingerprint density at radius 1 is 0.800 bits per heavy atom. The van der Waals surface area contributed by atoms with Crippen LogP contribution in [-0.2, 0) is 6.42 Å². The Bertz CT molecular complexity index is 868. The molecule has 0 bridgehead atoms. The number of amides is 2. The smallest absolute Gasteiger partial charge is 0.308 e. The first-order chi connectivity index (χ1) is 12.1. The molecule has 0 unspecified atom stereocenters. The van der Waals surface area contributed by atoms with Crippen molar-refractivity contribution in [3.63, 3.8) is 0 Å². The van der Waals surface area contributed by atoms with Crippen LogP contribution in [0.3, 0.4) is 0 Å². The molecular formula is C19H15Cl2N3O. The summed E-state index contributed by atoms with van der Waals surface area (Å²) in [4.78, 5) is 16.1. The highest BCUT2D eigenvalue weighted by Crippen LogP contribution is 2.25. The molecule has 126 valence electrons. The Morgan fingerprint density at radius 3 is 2.08 bits per heavy atom. The quantitative estimate of drug-likeness (QED) is 0.624. The lowest BCUT2D eigenvalue weighted by Gasteiger charge is -2.09. The topological polar surface area (TPSA) is 54.0 Å². The normalized spacial score (nSPS) is 10.3. The van der Waals surface area contributed by atoms with E-state index in [9.17, 15) is 4.79 Å². The van der Waals surface area contributed by atoms with Gasteiger partial charge in [0.2, 0.25) is 0 Å². The molecule has 0 fully saturated rings. The summed E-state index contributed by atoms with van der Waals surface area (Å²) < 4.78 is 0. The van der Waals surface area contributed by atoms with Crippen molar-refractivity contribution in [2.24, 2.45) is 0 Å². The van der Waals surface area contributed by atoms with Crippen LogP contribution in [0, 0.1) is 0 Å². The number of urea groups is 1. The number of carbonyl (C=O) groups is 1. The maximum Gasteiger partial charge on any atom is 0.323 e. The average molecular weight is 372 g/mol. The van der Waals surface area contributed by atoms with Crippen LogP contribution in [0.1, 0.15) is 11.1 Å². The van der Waals surface area contributed by atoms with Crippen LogP contribution in [0.25, 0.3) is 0 Å². The zero-order chi connectivity index (χ0) is 17.6. The van der Waals surface area contributed by atoms with Gasteiger partial charge < -0.3 is 10.6 Å². The second kappa shape index (κ2) is 8.01. The van der Waals surface area contributed by atoms with Crippen LogP contribution in [0.15, 0.2) is 67.0 Å². The third kappa shape index (κ3) is 4.95. The summed E-state index contributed by atoms with van der Waals surface area (Å²) in [5.41, 5.74) is 3.62. The summed E-state index contributed by atoms with van der Waals surface area (Å²) in [6, 6.07) is 16.2. The molecule has 25 heavy (non-hydrogen) atoms. The Hall–Kier alpha value is -2.56. The number of anilines is 2. The van der Waals surface area contributed by atoms with E-state index in [-0.39, 0.29) is 6.03 Å². The van der Waals surface area contributed by atoms with E-state index in [2.05, 4.69) is 15.6 Å². The molecule has 0 saturated heterocycles. The summed E-state index contributed by atoms with van der Waals surface area (Å²) in [5.74, 6) is 0. The van der Waals surface area contributed by atoms with Gasteiger partial charge >= 0.3 is 6.03 Å². The van der Waals surface area contributed by atoms with Crippen LogP contribution < -0.4 is 10.6 Å². The molecule has 2 aromatic carbocycles. The second-order valence-corrected chi connectivity index (χ2v) is 6.25. The number of halogens is 2. The molecule has 0 aliphatic rings. The molecular weight excluding hydrogens is 357 g/mol. The zero-order valence-electron chi connectivity index (χ0n) is 13.2. The number of benzene rings is 2. The van der Waals surface area contributed by atoms with Gasteiger partial charge in [-0.3, -0.25) is 4.98 Å². The van der Waals surface area contributed by atoms with Gasteiger partial charge in [-0.2, -0.15) is 0 Å². The minimum atomic E-state index is -0.347. The van der Waals surface area contributed by atoms with Crippen molar-refractivity contribution in [3.05, 3.63) is 88.2 Å². The van der Waals surface area contributed by atoms with Crippen molar-refractivity contribution in [2.75, 3.05) is 10.6 Å². The van der Waals surface area contributed by atoms with Crippen molar-refractivity contribution in [1.82, 2.24) is 4.98 Å². The van der Waals surface area contributed by atoms with E-state index in [1.807, 2.05) is 36.4 Å². The molecule has 0 saturated carbocycles. The molecule has 0 atom stereocenters. The molecule has 4 nitrogen and oxygen atoms in total. The van der Waals surface area contributed by atoms with Crippen LogP contribution in [0.5, 0.6) is 0 Å². The fourth-order valence-electron chi connectivity index (χ4n) is 2.31. The van der Waals surface area contributed by atoms with E-state index in [0.717, 1.165) is 12.0 Å². The van der Waals surface area contributed by atoms with Crippen molar-refractivity contribution < 1.29 is 4.79 Å². The number of carbonyl (C=O) groups excluding carboxylic acids is 1. The fourth-order valence-corrected chi connectivity index (χ4v) is 2.61. The molecule has 2 amide bonds. The van der Waals surface area contributed by atoms with E-state index >= 15 is 0 Å². The highest BCUT2D eigenvalue weighted by atomic mass is 35.5. The van der Waals surface area contributed by atoms with Crippen molar-refractivity contribution in [2.45, 2.75) is 6.42 Å². The maximum absolute atomic E-state index is 12.0. The lowest BCUT2D eigenvalue weighted by molar-refractivity contribution is 0.262. The lowest BCUT2D eigenvalue weighted by Crippen LogP contribution is -2.19. The van der Waals surface area contributed by atoms with Gasteiger partial charge in [0.25, 0.3) is 0 Å². The van der Waals surface area contributed by atoms with Gasteiger partial charge in [0.1, 0.15) is 0 Å². The number of aromatic nitrogens is 1. The summed E-state index contributed by atoms with van der Waals surface area (Å²) in [6.07, 6.45) is 4.37. The summed E-state index contributed by atoms with van der Waals surface area (Å²) in [5, 5.41) is 6.32. The standard InChI is InChI=1S/C19H15Cl2N3O/c20-17-6-5-16(12-18(17)21)24-19(25)23-15-3-1-13(2-4-15)11-14-7-9-22-10-8-14/h1-10,12H,11H2,(H2,23,24,25). The largest absolute Gasteiger partial charge is 0.323 e. The molecule has 3 aromatic rings. The molecule has 0 aliphatic carbocycles. The van der Waals surface area contributed by atoms with Gasteiger partial charge in [0, 0.05) is 23.8 Å². The van der Waals surface area contributed by atoms with E-state index in [4.69, 9.17) is 23.2 Å². The van der Waals surface area contributed by atoms with Crippen LogP contribution >= 0.6 is 23.2 Å². The number of nitrogens with zero attached hydrogens (tertiary/aromatic N) is 1. The number of hydrogen-bond donors (Lipinski definition) is 2. The van der Waals surface area contributed by atoms with Crippen molar-refractivity contribution in [1.29, 1.82) is 0 Å². The molecule has 2 N–H and O–H groups in total. The summed E-state index contributed by atoms with van der Waals surface area (Å²) in [6.45, 7) is 0. The fraction of sp³-hybridized carbons (Fsp3) is 0.0526. The van der Waals surface area contributed by atoms with Crippen LogP contribution in [0.2, 0.25) is 10.0 Å². The first kappa shape index (κ1) is 17.3. The maximum atomic E-state index is 12.0. The van der Waals surface area contributed by atoms with Gasteiger partial charge in [-0.05, 0) is 60.0 Å². The Morgan fingerprint density at radius 2 is 1.40 bits per heavy atom. The number of rotatable bonds is 4. The highest BCUT2D eigenvalue weighted by Gasteiger charge is 2.05. The second-order valence-electron chi connectivity index (χ2n) is 5.44. The van der Waals surface area contributed by atoms with E-state index in [0.29, 0.717) is 21.4 Å². The third-order valence-corrected chi connectivity index (χ3v) is 4.29. The number of pyridine rings is 1. The van der Waals surface area contributed by atoms with Gasteiger partial charge in [-0.1, -0.05) is 35.3 Å². The van der Waals surface area contributed by atoms with Crippen molar-refractivity contribution in [3.8, 4) is 0 Å². The molecule has 0 spiro atoms. The zero-order valence-corrected chi connectivity index (χ0v) is 14.7. The first-order valence-corrected chi connectivity index (χ1v) is 8.36. The molecule has 0 aliphatic heterocycles. The molecule has 6 heteroatoms. The lowest BCUT2D eigenvalue weighted by atomic mass is 10.1. The van der Waals surface area contributed by atoms with Gasteiger partial charge in [0.15, 0.2) is 0 Å². The third-order valence-electron chi connectivity index (χ3n) is 3.55. The minimum Gasteiger partial charge on any atom is -0.308 e. The Labute approximate surface area is 155 Å². The molecule has 0 radical (unpaired) electrons. The monoisotopic (exact) mass is 371 g/mol.